The molecule has 1 aliphatic rings. The van der Waals surface area contributed by atoms with Crippen LogP contribution < -0.4 is 0 Å². The number of alkyl halides is 1. The van der Waals surface area contributed by atoms with Crippen molar-refractivity contribution in [2.75, 3.05) is 26.9 Å². The molecular weight excluding hydrogens is 270 g/mol. The zero-order chi connectivity index (χ0) is 11.4. The van der Waals surface area contributed by atoms with E-state index in [2.05, 4.69) is 20.7 Å². The van der Waals surface area contributed by atoms with E-state index in [0.29, 0.717) is 0 Å². The molecule has 0 N–H and O–H groups in total. The molecule has 0 aliphatic carbocycles. The van der Waals surface area contributed by atoms with Gasteiger partial charge in [-0.15, -0.1) is 0 Å². The van der Waals surface area contributed by atoms with Crippen molar-refractivity contribution in [1.82, 2.24) is 4.90 Å². The molecular formula is C8H10BrNO5. The molecule has 1 rings (SSSR count). The summed E-state index contributed by atoms with van der Waals surface area (Å²) >= 11 is 3.03. The van der Waals surface area contributed by atoms with Gasteiger partial charge in [0.15, 0.2) is 0 Å². The number of halogens is 1. The Kier molecular flexibility index (Phi) is 4.22. The number of carbonyl (C=O) groups excluding carboxylic acids is 3. The van der Waals surface area contributed by atoms with Crippen LogP contribution in [0.15, 0.2) is 0 Å². The Balaban J connectivity index is 2.58. The van der Waals surface area contributed by atoms with Gasteiger partial charge in [0.2, 0.25) is 0 Å². The number of morpholine rings is 1. The molecule has 1 heterocycles. The van der Waals surface area contributed by atoms with Gasteiger partial charge in [-0.2, -0.15) is 0 Å². The van der Waals surface area contributed by atoms with Gasteiger partial charge in [0.25, 0.3) is 11.8 Å². The Morgan fingerprint density at radius 2 is 2.07 bits per heavy atom. The number of nitrogens with zero attached hydrogens (tertiary/aromatic N) is 1. The van der Waals surface area contributed by atoms with E-state index in [1.807, 2.05) is 0 Å². The van der Waals surface area contributed by atoms with Gasteiger partial charge in [0.05, 0.1) is 13.7 Å². The van der Waals surface area contributed by atoms with Crippen molar-refractivity contribution in [3.63, 3.8) is 0 Å². The predicted octanol–water partition coefficient (Wildman–Crippen LogP) is -0.692. The Bertz CT molecular complexity index is 277. The van der Waals surface area contributed by atoms with Crippen molar-refractivity contribution in [1.29, 1.82) is 0 Å². The van der Waals surface area contributed by atoms with Crippen LogP contribution in [0.4, 0.5) is 0 Å². The van der Waals surface area contributed by atoms with Crippen LogP contribution in [0.1, 0.15) is 0 Å². The minimum Gasteiger partial charge on any atom is -0.468 e. The first-order valence-electron chi connectivity index (χ1n) is 4.19. The molecule has 84 valence electrons. The average Bonchev–Trinajstić information content (AvgIpc) is 2.22. The summed E-state index contributed by atoms with van der Waals surface area (Å²) in [5, 5.41) is 0. The first-order chi connectivity index (χ1) is 7.06. The molecule has 7 heteroatoms. The number of ether oxygens (including phenoxy) is 2. The van der Waals surface area contributed by atoms with Crippen molar-refractivity contribution in [3.05, 3.63) is 0 Å². The maximum Gasteiger partial charge on any atom is 0.321 e. The molecule has 0 saturated carbocycles. The summed E-state index contributed by atoms with van der Waals surface area (Å²) in [6.45, 7) is -0.299. The van der Waals surface area contributed by atoms with E-state index in [1.165, 1.54) is 7.11 Å². The van der Waals surface area contributed by atoms with Crippen LogP contribution in [0.2, 0.25) is 0 Å². The van der Waals surface area contributed by atoms with E-state index in [-0.39, 0.29) is 19.8 Å². The third kappa shape index (κ3) is 3.00. The monoisotopic (exact) mass is 279 g/mol. The zero-order valence-electron chi connectivity index (χ0n) is 8.07. The van der Waals surface area contributed by atoms with Crippen molar-refractivity contribution < 1.29 is 23.9 Å². The second-order valence-electron chi connectivity index (χ2n) is 2.88. The summed E-state index contributed by atoms with van der Waals surface area (Å²) in [5.41, 5.74) is 0. The van der Waals surface area contributed by atoms with Gasteiger partial charge in [0, 0.05) is 0 Å². The number of hydrogen-bond donors (Lipinski definition) is 0. The van der Waals surface area contributed by atoms with Gasteiger partial charge in [-0.1, -0.05) is 15.9 Å². The van der Waals surface area contributed by atoms with E-state index in [0.717, 1.165) is 4.90 Å². The highest BCUT2D eigenvalue weighted by molar-refractivity contribution is 9.10. The number of methoxy groups -OCH3 is 1. The molecule has 1 fully saturated rings. The van der Waals surface area contributed by atoms with Crippen LogP contribution in [0.25, 0.3) is 0 Å². The third-order valence-corrected chi connectivity index (χ3v) is 2.52. The average molecular weight is 280 g/mol. The standard InChI is InChI=1S/C8H10BrNO5/c1-14-8(13)5(9)2-10-6(11)3-15-4-7(10)12/h5H,2-4H2,1H3. The molecule has 1 saturated heterocycles. The highest BCUT2D eigenvalue weighted by Gasteiger charge is 2.30. The molecule has 2 amide bonds. The Labute approximate surface area is 94.6 Å². The van der Waals surface area contributed by atoms with Gasteiger partial charge >= 0.3 is 5.97 Å². The summed E-state index contributed by atoms with van der Waals surface area (Å²) in [4.78, 5) is 33.9. The van der Waals surface area contributed by atoms with E-state index in [1.54, 1.807) is 0 Å². The van der Waals surface area contributed by atoms with E-state index in [4.69, 9.17) is 4.74 Å². The molecule has 0 aromatic heterocycles. The van der Waals surface area contributed by atoms with Gasteiger partial charge in [-0.05, 0) is 0 Å². The predicted molar refractivity (Wildman–Crippen MR) is 52.3 cm³/mol. The normalized spacial score (nSPS) is 18.9. The summed E-state index contributed by atoms with van der Waals surface area (Å²) in [5.74, 6) is -1.42. The van der Waals surface area contributed by atoms with Crippen molar-refractivity contribution in [2.45, 2.75) is 4.83 Å². The second-order valence-corrected chi connectivity index (χ2v) is 3.99. The van der Waals surface area contributed by atoms with Crippen molar-refractivity contribution >= 4 is 33.7 Å². The van der Waals surface area contributed by atoms with Gasteiger partial charge in [-0.25, -0.2) is 0 Å². The van der Waals surface area contributed by atoms with E-state index >= 15 is 0 Å². The Morgan fingerprint density at radius 1 is 1.53 bits per heavy atom. The largest absolute Gasteiger partial charge is 0.468 e. The minimum atomic E-state index is -0.700. The number of hydrogen-bond acceptors (Lipinski definition) is 5. The van der Waals surface area contributed by atoms with Crippen LogP contribution in [-0.2, 0) is 23.9 Å². The lowest BCUT2D eigenvalue weighted by Crippen LogP contribution is -2.49. The van der Waals surface area contributed by atoms with Crippen LogP contribution in [0.3, 0.4) is 0 Å². The number of amides is 2. The van der Waals surface area contributed by atoms with Crippen LogP contribution in [-0.4, -0.2) is 54.4 Å². The number of carbonyl (C=O) groups is 3. The van der Waals surface area contributed by atoms with Gasteiger partial charge in [-0.3, -0.25) is 19.3 Å². The fraction of sp³-hybridized carbons (Fsp3) is 0.625. The third-order valence-electron chi connectivity index (χ3n) is 1.85. The molecule has 0 aromatic rings. The lowest BCUT2D eigenvalue weighted by Gasteiger charge is -2.25. The molecule has 0 bridgehead atoms. The second kappa shape index (κ2) is 5.22. The summed E-state index contributed by atoms with van der Waals surface area (Å²) in [6.07, 6.45) is 0. The SMILES string of the molecule is COC(=O)C(Br)CN1C(=O)COCC1=O. The molecule has 0 aromatic carbocycles. The number of imide groups is 1. The van der Waals surface area contributed by atoms with Crippen molar-refractivity contribution in [2.24, 2.45) is 0 Å². The smallest absolute Gasteiger partial charge is 0.321 e. The van der Waals surface area contributed by atoms with E-state index < -0.39 is 22.6 Å². The number of rotatable bonds is 3. The first kappa shape index (κ1) is 12.1. The highest BCUT2D eigenvalue weighted by Crippen LogP contribution is 2.08. The quantitative estimate of drug-likeness (QED) is 0.388. The molecule has 15 heavy (non-hydrogen) atoms. The molecule has 1 aliphatic heterocycles. The topological polar surface area (TPSA) is 72.9 Å². The summed E-state index contributed by atoms with van der Waals surface area (Å²) in [6, 6.07) is 0. The fourth-order valence-electron chi connectivity index (χ4n) is 1.09. The molecule has 0 radical (unpaired) electrons. The van der Waals surface area contributed by atoms with Crippen molar-refractivity contribution in [3.8, 4) is 0 Å². The first-order valence-corrected chi connectivity index (χ1v) is 5.10. The fourth-order valence-corrected chi connectivity index (χ4v) is 1.56. The molecule has 1 unspecified atom stereocenters. The van der Waals surface area contributed by atoms with E-state index in [9.17, 15) is 14.4 Å². The Morgan fingerprint density at radius 3 is 2.53 bits per heavy atom. The maximum atomic E-state index is 11.3. The summed E-state index contributed by atoms with van der Waals surface area (Å²) < 4.78 is 9.18. The molecule has 6 nitrogen and oxygen atoms in total. The molecule has 1 atom stereocenters. The number of esters is 1. The Hall–Kier alpha value is -0.950. The van der Waals surface area contributed by atoms with Crippen LogP contribution in [0, 0.1) is 0 Å². The lowest BCUT2D eigenvalue weighted by molar-refractivity contribution is -0.158. The zero-order valence-corrected chi connectivity index (χ0v) is 9.65. The van der Waals surface area contributed by atoms with Crippen LogP contribution in [0.5, 0.6) is 0 Å². The lowest BCUT2D eigenvalue weighted by atomic mass is 10.3. The van der Waals surface area contributed by atoms with Crippen LogP contribution >= 0.6 is 15.9 Å². The van der Waals surface area contributed by atoms with Gasteiger partial charge < -0.3 is 9.47 Å². The molecule has 0 spiro atoms. The summed E-state index contributed by atoms with van der Waals surface area (Å²) in [7, 11) is 1.24. The van der Waals surface area contributed by atoms with Gasteiger partial charge in [0.1, 0.15) is 18.0 Å². The highest BCUT2D eigenvalue weighted by atomic mass is 79.9. The maximum absolute atomic E-state index is 11.3. The minimum absolute atomic E-state index is 0.0340.